The molecule has 0 aliphatic rings. The molecule has 0 aromatic carbocycles. The Morgan fingerprint density at radius 3 is 2.93 bits per heavy atom. The second kappa shape index (κ2) is 4.93. The average molecular weight is 196 g/mol. The molecule has 0 aliphatic heterocycles. The molecule has 0 saturated heterocycles. The van der Waals surface area contributed by atoms with Crippen LogP contribution in [0.4, 0.5) is 0 Å². The molecule has 0 radical (unpaired) electrons. The lowest BCUT2D eigenvalue weighted by Crippen LogP contribution is -2.10. The Hall–Kier alpha value is -1.13. The van der Waals surface area contributed by atoms with Crippen LogP contribution < -0.4 is 10.5 Å². The van der Waals surface area contributed by atoms with E-state index >= 15 is 0 Å². The van der Waals surface area contributed by atoms with Crippen LogP contribution in [0.3, 0.4) is 0 Å². The zero-order chi connectivity index (χ0) is 10.6. The second-order valence-electron chi connectivity index (χ2n) is 3.12. The SMILES string of the molecule is COc1ccnc(C(O)CCN)c1C. The molecule has 0 aliphatic carbocycles. The van der Waals surface area contributed by atoms with E-state index in [4.69, 9.17) is 10.5 Å². The third kappa shape index (κ3) is 2.21. The largest absolute Gasteiger partial charge is 0.496 e. The van der Waals surface area contributed by atoms with Crippen LogP contribution in [0, 0.1) is 6.92 Å². The minimum Gasteiger partial charge on any atom is -0.496 e. The quantitative estimate of drug-likeness (QED) is 0.746. The number of methoxy groups -OCH3 is 1. The van der Waals surface area contributed by atoms with Gasteiger partial charge in [-0.3, -0.25) is 4.98 Å². The summed E-state index contributed by atoms with van der Waals surface area (Å²) < 4.78 is 5.13. The first-order valence-corrected chi connectivity index (χ1v) is 4.58. The van der Waals surface area contributed by atoms with Gasteiger partial charge in [-0.1, -0.05) is 0 Å². The summed E-state index contributed by atoms with van der Waals surface area (Å²) in [5.74, 6) is 0.742. The normalized spacial score (nSPS) is 12.6. The monoisotopic (exact) mass is 196 g/mol. The fourth-order valence-corrected chi connectivity index (χ4v) is 1.38. The Labute approximate surface area is 83.7 Å². The lowest BCUT2D eigenvalue weighted by molar-refractivity contribution is 0.164. The molecule has 0 saturated carbocycles. The summed E-state index contributed by atoms with van der Waals surface area (Å²) >= 11 is 0. The van der Waals surface area contributed by atoms with Crippen LogP contribution in [0.15, 0.2) is 12.3 Å². The van der Waals surface area contributed by atoms with Crippen LogP contribution in [0.2, 0.25) is 0 Å². The van der Waals surface area contributed by atoms with E-state index in [0.717, 1.165) is 11.3 Å². The van der Waals surface area contributed by atoms with E-state index in [1.54, 1.807) is 19.4 Å². The molecule has 0 spiro atoms. The topological polar surface area (TPSA) is 68.4 Å². The van der Waals surface area contributed by atoms with E-state index in [2.05, 4.69) is 4.98 Å². The molecular formula is C10H16N2O2. The highest BCUT2D eigenvalue weighted by Gasteiger charge is 2.13. The van der Waals surface area contributed by atoms with Crippen molar-refractivity contribution in [2.75, 3.05) is 13.7 Å². The van der Waals surface area contributed by atoms with Gasteiger partial charge >= 0.3 is 0 Å². The Kier molecular flexibility index (Phi) is 3.85. The smallest absolute Gasteiger partial charge is 0.125 e. The fraction of sp³-hybridized carbons (Fsp3) is 0.500. The zero-order valence-corrected chi connectivity index (χ0v) is 8.53. The van der Waals surface area contributed by atoms with E-state index < -0.39 is 6.10 Å². The number of nitrogens with two attached hydrogens (primary N) is 1. The third-order valence-electron chi connectivity index (χ3n) is 2.17. The van der Waals surface area contributed by atoms with Crippen molar-refractivity contribution >= 4 is 0 Å². The van der Waals surface area contributed by atoms with E-state index in [1.165, 1.54) is 0 Å². The summed E-state index contributed by atoms with van der Waals surface area (Å²) in [6.45, 7) is 2.32. The molecule has 1 atom stereocenters. The highest BCUT2D eigenvalue weighted by Crippen LogP contribution is 2.24. The summed E-state index contributed by atoms with van der Waals surface area (Å²) in [6.07, 6.45) is 1.54. The van der Waals surface area contributed by atoms with Crippen molar-refractivity contribution in [1.82, 2.24) is 4.98 Å². The lowest BCUT2D eigenvalue weighted by Gasteiger charge is -2.13. The minimum absolute atomic E-state index is 0.444. The Morgan fingerprint density at radius 2 is 2.36 bits per heavy atom. The Bertz CT molecular complexity index is 302. The maximum atomic E-state index is 9.72. The zero-order valence-electron chi connectivity index (χ0n) is 8.53. The van der Waals surface area contributed by atoms with Crippen LogP contribution in [0.5, 0.6) is 5.75 Å². The summed E-state index contributed by atoms with van der Waals surface area (Å²) in [7, 11) is 1.60. The van der Waals surface area contributed by atoms with Gasteiger partial charge in [0.25, 0.3) is 0 Å². The molecule has 0 amide bonds. The second-order valence-corrected chi connectivity index (χ2v) is 3.12. The summed E-state index contributed by atoms with van der Waals surface area (Å²) in [6, 6.07) is 1.77. The van der Waals surface area contributed by atoms with E-state index in [9.17, 15) is 5.11 Å². The number of rotatable bonds is 4. The van der Waals surface area contributed by atoms with Crippen molar-refractivity contribution < 1.29 is 9.84 Å². The maximum Gasteiger partial charge on any atom is 0.125 e. The summed E-state index contributed by atoms with van der Waals surface area (Å²) in [4.78, 5) is 4.12. The van der Waals surface area contributed by atoms with Crippen molar-refractivity contribution in [1.29, 1.82) is 0 Å². The van der Waals surface area contributed by atoms with Crippen LogP contribution in [0.1, 0.15) is 23.8 Å². The van der Waals surface area contributed by atoms with E-state index in [1.807, 2.05) is 6.92 Å². The van der Waals surface area contributed by atoms with E-state index in [-0.39, 0.29) is 0 Å². The molecule has 0 bridgehead atoms. The highest BCUT2D eigenvalue weighted by molar-refractivity contribution is 5.35. The predicted octanol–water partition coefficient (Wildman–Crippen LogP) is 0.781. The molecule has 1 aromatic heterocycles. The van der Waals surface area contributed by atoms with Gasteiger partial charge in [-0.2, -0.15) is 0 Å². The van der Waals surface area contributed by atoms with Crippen molar-refractivity contribution in [2.24, 2.45) is 5.73 Å². The Morgan fingerprint density at radius 1 is 1.64 bits per heavy atom. The van der Waals surface area contributed by atoms with Crippen molar-refractivity contribution in [3.63, 3.8) is 0 Å². The van der Waals surface area contributed by atoms with Gasteiger partial charge in [0.05, 0.1) is 18.9 Å². The summed E-state index contributed by atoms with van der Waals surface area (Å²) in [5, 5.41) is 9.72. The van der Waals surface area contributed by atoms with Crippen LogP contribution in [-0.2, 0) is 0 Å². The van der Waals surface area contributed by atoms with Crippen molar-refractivity contribution in [2.45, 2.75) is 19.4 Å². The average Bonchev–Trinajstić information content (AvgIpc) is 2.18. The van der Waals surface area contributed by atoms with E-state index in [0.29, 0.717) is 18.7 Å². The number of aliphatic hydroxyl groups is 1. The number of hydrogen-bond acceptors (Lipinski definition) is 4. The molecule has 1 aromatic rings. The number of pyridine rings is 1. The third-order valence-corrected chi connectivity index (χ3v) is 2.17. The molecule has 4 nitrogen and oxygen atoms in total. The molecule has 0 fully saturated rings. The minimum atomic E-state index is -0.602. The van der Waals surface area contributed by atoms with Gasteiger partial charge in [0.15, 0.2) is 0 Å². The number of hydrogen-bond donors (Lipinski definition) is 2. The van der Waals surface area contributed by atoms with Gasteiger partial charge in [0, 0.05) is 11.8 Å². The van der Waals surface area contributed by atoms with Gasteiger partial charge in [0.1, 0.15) is 5.75 Å². The first-order chi connectivity index (χ1) is 6.70. The number of aliphatic hydroxyl groups excluding tert-OH is 1. The van der Waals surface area contributed by atoms with Crippen LogP contribution in [0.25, 0.3) is 0 Å². The van der Waals surface area contributed by atoms with Crippen molar-refractivity contribution in [3.8, 4) is 5.75 Å². The molecule has 1 unspecified atom stereocenters. The number of aromatic nitrogens is 1. The van der Waals surface area contributed by atoms with Gasteiger partial charge in [-0.05, 0) is 26.0 Å². The van der Waals surface area contributed by atoms with Gasteiger partial charge < -0.3 is 15.6 Å². The fourth-order valence-electron chi connectivity index (χ4n) is 1.38. The first kappa shape index (κ1) is 10.9. The number of ether oxygens (including phenoxy) is 1. The summed E-state index contributed by atoms with van der Waals surface area (Å²) in [5.41, 5.74) is 6.89. The van der Waals surface area contributed by atoms with Gasteiger partial charge in [-0.15, -0.1) is 0 Å². The maximum absolute atomic E-state index is 9.72. The molecule has 14 heavy (non-hydrogen) atoms. The first-order valence-electron chi connectivity index (χ1n) is 4.58. The van der Waals surface area contributed by atoms with Crippen LogP contribution >= 0.6 is 0 Å². The molecular weight excluding hydrogens is 180 g/mol. The molecule has 1 heterocycles. The van der Waals surface area contributed by atoms with Gasteiger partial charge in [0.2, 0.25) is 0 Å². The Balaban J connectivity index is 2.96. The molecule has 4 heteroatoms. The standard InChI is InChI=1S/C10H16N2O2/c1-7-9(14-2)4-6-12-10(7)8(13)3-5-11/h4,6,8,13H,3,5,11H2,1-2H3. The molecule has 3 N–H and O–H groups in total. The van der Waals surface area contributed by atoms with Gasteiger partial charge in [-0.25, -0.2) is 0 Å². The van der Waals surface area contributed by atoms with Crippen LogP contribution in [-0.4, -0.2) is 23.7 Å². The molecule has 1 rings (SSSR count). The van der Waals surface area contributed by atoms with Crippen molar-refractivity contribution in [3.05, 3.63) is 23.5 Å². The lowest BCUT2D eigenvalue weighted by atomic mass is 10.1. The highest BCUT2D eigenvalue weighted by atomic mass is 16.5. The number of nitrogens with zero attached hydrogens (tertiary/aromatic N) is 1. The molecule has 78 valence electrons. The predicted molar refractivity (Wildman–Crippen MR) is 54.2 cm³/mol.